The fraction of sp³-hybridized carbons (Fsp3) is 0.250. The highest BCUT2D eigenvalue weighted by Crippen LogP contribution is 2.46. The van der Waals surface area contributed by atoms with E-state index in [2.05, 4.69) is 20.2 Å². The summed E-state index contributed by atoms with van der Waals surface area (Å²) < 4.78 is 23.3. The second kappa shape index (κ2) is 9.22. The van der Waals surface area contributed by atoms with Gasteiger partial charge in [0, 0.05) is 5.56 Å². The highest BCUT2D eigenvalue weighted by Gasteiger charge is 2.26. The molecule has 0 amide bonds. The molecule has 0 spiro atoms. The van der Waals surface area contributed by atoms with Gasteiger partial charge in [-0.25, -0.2) is 9.97 Å². The minimum Gasteiger partial charge on any atom is -0.396 e. The Bertz CT molecular complexity index is 857. The van der Waals surface area contributed by atoms with Crippen LogP contribution in [0, 0.1) is 0 Å². The predicted octanol–water partition coefficient (Wildman–Crippen LogP) is 0.976. The van der Waals surface area contributed by atoms with Crippen LogP contribution in [0.25, 0.3) is 0 Å². The lowest BCUT2D eigenvalue weighted by Gasteiger charge is -2.17. The Kier molecular flexibility index (Phi) is 7.00. The first-order chi connectivity index (χ1) is 12.9. The summed E-state index contributed by atoms with van der Waals surface area (Å²) in [6.45, 7) is 4.03. The molecule has 0 atom stereocenters. The van der Waals surface area contributed by atoms with E-state index in [1.807, 2.05) is 0 Å². The maximum Gasteiger partial charge on any atom is 0.361 e. The molecule has 0 bridgehead atoms. The number of rotatable bonds is 8. The van der Waals surface area contributed by atoms with Gasteiger partial charge in [0.15, 0.2) is 17.5 Å². The lowest BCUT2D eigenvalue weighted by atomic mass is 10.2. The molecule has 0 aliphatic heterocycles. The average molecular weight is 391 g/mol. The van der Waals surface area contributed by atoms with Gasteiger partial charge in [-0.05, 0) is 26.0 Å². The lowest BCUT2D eigenvalue weighted by Crippen LogP contribution is -2.19. The van der Waals surface area contributed by atoms with Gasteiger partial charge in [0.2, 0.25) is 0 Å². The van der Waals surface area contributed by atoms with Crippen molar-refractivity contribution >= 4 is 30.3 Å². The molecule has 1 heterocycles. The largest absolute Gasteiger partial charge is 0.396 e. The number of nitrogens with two attached hydrogens (primary N) is 3. The van der Waals surface area contributed by atoms with E-state index in [0.717, 1.165) is 0 Å². The average Bonchev–Trinajstić information content (AvgIpc) is 2.67. The van der Waals surface area contributed by atoms with Gasteiger partial charge in [-0.15, -0.1) is 10.2 Å². The summed E-state index contributed by atoms with van der Waals surface area (Å²) in [7, 11) is -3.35. The van der Waals surface area contributed by atoms with Gasteiger partial charge in [-0.1, -0.05) is 12.1 Å². The van der Waals surface area contributed by atoms with E-state index in [-0.39, 0.29) is 30.7 Å². The minimum absolute atomic E-state index is 0.00763. The van der Waals surface area contributed by atoms with Crippen LogP contribution in [-0.4, -0.2) is 34.9 Å². The maximum atomic E-state index is 12.7. The minimum atomic E-state index is -3.35. The summed E-state index contributed by atoms with van der Waals surface area (Å²) in [6, 6.07) is 6.51. The highest BCUT2D eigenvalue weighted by molar-refractivity contribution is 7.62. The standard InChI is InChI=1S/C16H22N7O3P/c1-3-25-27(24,26-4-2)13-7-5-11(6-8-13)14(18)22-23-15(19)16-20-9-12(17)10-21-16/h5-10H,3-4,17H2,1-2H3,(H2,18,22)(H2,19,23). The Labute approximate surface area is 157 Å². The van der Waals surface area contributed by atoms with E-state index >= 15 is 0 Å². The Morgan fingerprint density at radius 2 is 1.52 bits per heavy atom. The SMILES string of the molecule is CCOP(=O)(OCC)c1ccc(/C(N)=N/N=C(\N)c2ncc(N)cn2)cc1. The third kappa shape index (κ3) is 5.33. The van der Waals surface area contributed by atoms with Crippen LogP contribution in [0.4, 0.5) is 5.69 Å². The van der Waals surface area contributed by atoms with Gasteiger partial charge in [-0.2, -0.15) is 0 Å². The van der Waals surface area contributed by atoms with Crippen molar-refractivity contribution in [3.05, 3.63) is 48.0 Å². The molecule has 0 fully saturated rings. The number of benzene rings is 1. The first-order valence-corrected chi connectivity index (χ1v) is 9.68. The summed E-state index contributed by atoms with van der Waals surface area (Å²) >= 11 is 0. The first-order valence-electron chi connectivity index (χ1n) is 8.14. The summed E-state index contributed by atoms with van der Waals surface area (Å²) in [5.74, 6) is 0.292. The Morgan fingerprint density at radius 3 is 2.04 bits per heavy atom. The number of hydrogen-bond acceptors (Lipinski definition) is 8. The van der Waals surface area contributed by atoms with E-state index in [1.54, 1.807) is 38.1 Å². The molecule has 11 heteroatoms. The summed E-state index contributed by atoms with van der Waals surface area (Å²) in [4.78, 5) is 7.88. The molecule has 2 aromatic rings. The van der Waals surface area contributed by atoms with Crippen LogP contribution >= 0.6 is 7.60 Å². The number of hydrogen-bond donors (Lipinski definition) is 3. The van der Waals surface area contributed by atoms with Crippen LogP contribution < -0.4 is 22.5 Å². The van der Waals surface area contributed by atoms with Crippen LogP contribution in [0.5, 0.6) is 0 Å². The molecule has 0 aliphatic rings. The Balaban J connectivity index is 2.20. The Hall–Kier alpha value is -2.81. The molecule has 0 unspecified atom stereocenters. The summed E-state index contributed by atoms with van der Waals surface area (Å²) in [5, 5.41) is 8.12. The van der Waals surface area contributed by atoms with Crippen molar-refractivity contribution in [3.8, 4) is 0 Å². The van der Waals surface area contributed by atoms with E-state index in [0.29, 0.717) is 16.6 Å². The van der Waals surface area contributed by atoms with Gasteiger partial charge < -0.3 is 26.2 Å². The number of aromatic nitrogens is 2. The maximum absolute atomic E-state index is 12.7. The van der Waals surface area contributed by atoms with Crippen LogP contribution in [0.3, 0.4) is 0 Å². The van der Waals surface area contributed by atoms with Crippen molar-refractivity contribution < 1.29 is 13.6 Å². The van der Waals surface area contributed by atoms with E-state index in [1.165, 1.54) is 12.4 Å². The van der Waals surface area contributed by atoms with Crippen LogP contribution in [0.2, 0.25) is 0 Å². The van der Waals surface area contributed by atoms with E-state index in [4.69, 9.17) is 26.2 Å². The van der Waals surface area contributed by atoms with Gasteiger partial charge in [0.05, 0.1) is 36.6 Å². The summed E-state index contributed by atoms with van der Waals surface area (Å²) in [5.41, 5.74) is 18.2. The molecule has 1 aromatic carbocycles. The summed E-state index contributed by atoms with van der Waals surface area (Å²) in [6.07, 6.45) is 2.82. The van der Waals surface area contributed by atoms with Crippen molar-refractivity contribution in [1.82, 2.24) is 9.97 Å². The van der Waals surface area contributed by atoms with Crippen LogP contribution in [0.15, 0.2) is 46.9 Å². The molecule has 0 saturated carbocycles. The molecular formula is C16H22N7O3P. The number of anilines is 1. The zero-order chi connectivity index (χ0) is 19.9. The number of nitrogen functional groups attached to an aromatic ring is 1. The van der Waals surface area contributed by atoms with Crippen LogP contribution in [0.1, 0.15) is 25.2 Å². The molecule has 2 rings (SSSR count). The smallest absolute Gasteiger partial charge is 0.361 e. The van der Waals surface area contributed by atoms with Gasteiger partial charge in [-0.3, -0.25) is 4.57 Å². The molecule has 10 nitrogen and oxygen atoms in total. The normalized spacial score (nSPS) is 13.0. The number of nitrogens with zero attached hydrogens (tertiary/aromatic N) is 4. The first kappa shape index (κ1) is 20.5. The monoisotopic (exact) mass is 391 g/mol. The van der Waals surface area contributed by atoms with Crippen molar-refractivity contribution in [1.29, 1.82) is 0 Å². The second-order valence-corrected chi connectivity index (χ2v) is 7.22. The molecule has 6 N–H and O–H groups in total. The van der Waals surface area contributed by atoms with Crippen molar-refractivity contribution in [3.63, 3.8) is 0 Å². The lowest BCUT2D eigenvalue weighted by molar-refractivity contribution is 0.230. The van der Waals surface area contributed by atoms with Gasteiger partial charge >= 0.3 is 7.60 Å². The molecule has 144 valence electrons. The van der Waals surface area contributed by atoms with E-state index < -0.39 is 7.60 Å². The quantitative estimate of drug-likeness (QED) is 0.259. The molecule has 27 heavy (non-hydrogen) atoms. The zero-order valence-electron chi connectivity index (χ0n) is 15.1. The second-order valence-electron chi connectivity index (χ2n) is 5.19. The van der Waals surface area contributed by atoms with Crippen molar-refractivity contribution in [2.24, 2.45) is 21.7 Å². The van der Waals surface area contributed by atoms with Gasteiger partial charge in [0.25, 0.3) is 0 Å². The fourth-order valence-electron chi connectivity index (χ4n) is 2.02. The third-order valence-electron chi connectivity index (χ3n) is 3.24. The van der Waals surface area contributed by atoms with Crippen molar-refractivity contribution in [2.45, 2.75) is 13.8 Å². The van der Waals surface area contributed by atoms with Gasteiger partial charge in [0.1, 0.15) is 0 Å². The Morgan fingerprint density at radius 1 is 1.00 bits per heavy atom. The van der Waals surface area contributed by atoms with Crippen molar-refractivity contribution in [2.75, 3.05) is 18.9 Å². The predicted molar refractivity (Wildman–Crippen MR) is 105 cm³/mol. The highest BCUT2D eigenvalue weighted by atomic mass is 31.2. The zero-order valence-corrected chi connectivity index (χ0v) is 16.0. The molecule has 0 saturated heterocycles. The number of amidine groups is 2. The molecule has 0 radical (unpaired) electrons. The molecular weight excluding hydrogens is 369 g/mol. The third-order valence-corrected chi connectivity index (χ3v) is 5.37. The molecule has 0 aliphatic carbocycles. The van der Waals surface area contributed by atoms with E-state index in [9.17, 15) is 4.57 Å². The topological polar surface area (TPSA) is 164 Å². The fourth-order valence-corrected chi connectivity index (χ4v) is 3.59. The molecule has 1 aromatic heterocycles. The van der Waals surface area contributed by atoms with Crippen LogP contribution in [-0.2, 0) is 13.6 Å².